The molecule has 6 heteroatoms. The number of nitrogen functional groups attached to an aromatic ring is 1. The van der Waals surface area contributed by atoms with E-state index in [1.165, 1.54) is 0 Å². The lowest BCUT2D eigenvalue weighted by atomic mass is 10.0. The van der Waals surface area contributed by atoms with Gasteiger partial charge in [-0.2, -0.15) is 0 Å². The van der Waals surface area contributed by atoms with Crippen LogP contribution in [0.2, 0.25) is 0 Å². The zero-order valence-corrected chi connectivity index (χ0v) is 13.1. The van der Waals surface area contributed by atoms with Crippen molar-refractivity contribution >= 4 is 17.7 Å². The van der Waals surface area contributed by atoms with Crippen LogP contribution in [0.4, 0.5) is 0 Å². The van der Waals surface area contributed by atoms with Crippen molar-refractivity contribution in [3.05, 3.63) is 47.0 Å². The van der Waals surface area contributed by atoms with Gasteiger partial charge in [-0.3, -0.25) is 10.2 Å². The summed E-state index contributed by atoms with van der Waals surface area (Å²) >= 11 is 0. The molecule has 1 unspecified atom stereocenters. The predicted octanol–water partition coefficient (Wildman–Crippen LogP) is 1.63. The minimum Gasteiger partial charge on any atom is -0.435 e. The van der Waals surface area contributed by atoms with E-state index in [9.17, 15) is 9.59 Å². The molecule has 1 aliphatic rings. The number of cyclic esters (lactones) is 1. The third-order valence-corrected chi connectivity index (χ3v) is 3.64. The number of carbonyl (C=O) groups excluding carboxylic acids is 2. The zero-order valence-electron chi connectivity index (χ0n) is 13.1. The maximum Gasteiger partial charge on any atom is 0.335 e. The van der Waals surface area contributed by atoms with Crippen LogP contribution >= 0.6 is 0 Å². The van der Waals surface area contributed by atoms with E-state index in [2.05, 4.69) is 5.32 Å². The van der Waals surface area contributed by atoms with Gasteiger partial charge in [0.1, 0.15) is 5.84 Å². The molecule has 1 atom stereocenters. The average Bonchev–Trinajstić information content (AvgIpc) is 2.82. The summed E-state index contributed by atoms with van der Waals surface area (Å²) in [5, 5.41) is 10.00. The van der Waals surface area contributed by atoms with Gasteiger partial charge in [0.25, 0.3) is 0 Å². The summed E-state index contributed by atoms with van der Waals surface area (Å²) < 4.78 is 4.96. The Bertz CT molecular complexity index is 635. The van der Waals surface area contributed by atoms with Crippen LogP contribution in [0.3, 0.4) is 0 Å². The van der Waals surface area contributed by atoms with E-state index in [1.54, 1.807) is 13.0 Å². The molecular weight excluding hydrogens is 294 g/mol. The van der Waals surface area contributed by atoms with Crippen molar-refractivity contribution in [1.29, 1.82) is 5.41 Å². The lowest BCUT2D eigenvalue weighted by Crippen LogP contribution is -2.34. The summed E-state index contributed by atoms with van der Waals surface area (Å²) in [7, 11) is 0. The predicted molar refractivity (Wildman–Crippen MR) is 86.8 cm³/mol. The van der Waals surface area contributed by atoms with Gasteiger partial charge in [-0.25, -0.2) is 4.79 Å². The quantitative estimate of drug-likeness (QED) is 0.308. The Morgan fingerprint density at radius 1 is 1.30 bits per heavy atom. The Morgan fingerprint density at radius 2 is 2.00 bits per heavy atom. The number of amidine groups is 1. The van der Waals surface area contributed by atoms with Crippen LogP contribution in [-0.2, 0) is 20.7 Å². The van der Waals surface area contributed by atoms with Gasteiger partial charge in [0.15, 0.2) is 6.23 Å². The summed E-state index contributed by atoms with van der Waals surface area (Å²) in [5.41, 5.74) is 7.79. The molecule has 0 radical (unpaired) electrons. The highest BCUT2D eigenvalue weighted by Crippen LogP contribution is 2.12. The average molecular weight is 315 g/mol. The summed E-state index contributed by atoms with van der Waals surface area (Å²) in [6.45, 7) is 1.66. The number of rotatable bonds is 7. The molecule has 1 aliphatic heterocycles. The van der Waals surface area contributed by atoms with E-state index in [0.29, 0.717) is 17.6 Å². The number of nitrogens with one attached hydrogen (secondary N) is 2. The van der Waals surface area contributed by atoms with Gasteiger partial charge in [0.2, 0.25) is 5.91 Å². The molecule has 0 saturated heterocycles. The fourth-order valence-corrected chi connectivity index (χ4v) is 2.31. The highest BCUT2D eigenvalue weighted by molar-refractivity contribution is 5.94. The molecule has 0 saturated carbocycles. The Labute approximate surface area is 135 Å². The molecule has 1 amide bonds. The van der Waals surface area contributed by atoms with Gasteiger partial charge in [-0.1, -0.05) is 24.3 Å². The topological polar surface area (TPSA) is 105 Å². The molecule has 6 nitrogen and oxygen atoms in total. The minimum absolute atomic E-state index is 0.0603. The van der Waals surface area contributed by atoms with Crippen LogP contribution in [0.5, 0.6) is 0 Å². The van der Waals surface area contributed by atoms with E-state index in [1.807, 2.05) is 24.3 Å². The zero-order chi connectivity index (χ0) is 16.8. The fourth-order valence-electron chi connectivity index (χ4n) is 2.31. The van der Waals surface area contributed by atoms with Gasteiger partial charge < -0.3 is 15.8 Å². The lowest BCUT2D eigenvalue weighted by Gasteiger charge is -2.10. The second-order valence-electron chi connectivity index (χ2n) is 5.56. The highest BCUT2D eigenvalue weighted by atomic mass is 16.6. The van der Waals surface area contributed by atoms with Crippen LogP contribution in [0.15, 0.2) is 35.9 Å². The Hall–Kier alpha value is -2.63. The maximum atomic E-state index is 11.8. The largest absolute Gasteiger partial charge is 0.435 e. The van der Waals surface area contributed by atoms with Crippen LogP contribution in [0.25, 0.3) is 0 Å². The van der Waals surface area contributed by atoms with Gasteiger partial charge in [-0.15, -0.1) is 0 Å². The standard InChI is InChI=1S/C17H21N3O3/c1-11-10-15(23-17(11)22)20-14(21)5-3-2-4-12-6-8-13(9-7-12)16(18)19/h6-10,15H,2-5H2,1H3,(H3,18,19)(H,20,21). The first kappa shape index (κ1) is 16.7. The number of hydrogen-bond donors (Lipinski definition) is 3. The molecule has 1 aromatic carbocycles. The molecular formula is C17H21N3O3. The smallest absolute Gasteiger partial charge is 0.335 e. The number of aryl methyl sites for hydroxylation is 1. The molecule has 122 valence electrons. The Morgan fingerprint density at radius 3 is 2.57 bits per heavy atom. The second-order valence-corrected chi connectivity index (χ2v) is 5.56. The minimum atomic E-state index is -0.630. The maximum absolute atomic E-state index is 11.8. The van der Waals surface area contributed by atoms with Crippen molar-refractivity contribution in [2.75, 3.05) is 0 Å². The van der Waals surface area contributed by atoms with Crippen molar-refractivity contribution in [3.63, 3.8) is 0 Å². The molecule has 0 aliphatic carbocycles. The van der Waals surface area contributed by atoms with Gasteiger partial charge in [0, 0.05) is 17.6 Å². The van der Waals surface area contributed by atoms with E-state index >= 15 is 0 Å². The normalized spacial score (nSPS) is 16.7. The molecule has 0 bridgehead atoms. The van der Waals surface area contributed by atoms with Crippen molar-refractivity contribution in [3.8, 4) is 0 Å². The van der Waals surface area contributed by atoms with Crippen LogP contribution in [-0.4, -0.2) is 23.9 Å². The molecule has 4 N–H and O–H groups in total. The molecule has 0 aromatic heterocycles. The summed E-state index contributed by atoms with van der Waals surface area (Å²) in [6, 6.07) is 7.55. The van der Waals surface area contributed by atoms with Gasteiger partial charge in [-0.05, 0) is 37.8 Å². The van der Waals surface area contributed by atoms with Crippen molar-refractivity contribution in [2.24, 2.45) is 5.73 Å². The van der Waals surface area contributed by atoms with Crippen molar-refractivity contribution in [2.45, 2.75) is 38.8 Å². The lowest BCUT2D eigenvalue weighted by molar-refractivity contribution is -0.142. The molecule has 23 heavy (non-hydrogen) atoms. The van der Waals surface area contributed by atoms with Crippen LogP contribution in [0, 0.1) is 5.41 Å². The number of benzene rings is 1. The number of nitrogens with two attached hydrogens (primary N) is 1. The van der Waals surface area contributed by atoms with Crippen LogP contribution in [0.1, 0.15) is 37.3 Å². The van der Waals surface area contributed by atoms with E-state index < -0.39 is 6.23 Å². The number of hydrogen-bond acceptors (Lipinski definition) is 4. The molecule has 1 heterocycles. The van der Waals surface area contributed by atoms with E-state index in [4.69, 9.17) is 15.9 Å². The third-order valence-electron chi connectivity index (χ3n) is 3.64. The second kappa shape index (κ2) is 7.58. The summed E-state index contributed by atoms with van der Waals surface area (Å²) in [6.07, 6.45) is 3.87. The number of ether oxygens (including phenoxy) is 1. The van der Waals surface area contributed by atoms with Gasteiger partial charge >= 0.3 is 5.97 Å². The number of esters is 1. The monoisotopic (exact) mass is 315 g/mol. The molecule has 1 aromatic rings. The van der Waals surface area contributed by atoms with E-state index in [0.717, 1.165) is 24.8 Å². The van der Waals surface area contributed by atoms with Crippen molar-refractivity contribution in [1.82, 2.24) is 5.32 Å². The SMILES string of the molecule is CC1=CC(NC(=O)CCCCc2ccc(C(=N)N)cc2)OC1=O. The third kappa shape index (κ3) is 4.95. The highest BCUT2D eigenvalue weighted by Gasteiger charge is 2.23. The first-order valence-corrected chi connectivity index (χ1v) is 7.58. The Kier molecular flexibility index (Phi) is 5.51. The van der Waals surface area contributed by atoms with Gasteiger partial charge in [0.05, 0.1) is 0 Å². The number of amides is 1. The number of carbonyl (C=O) groups is 2. The molecule has 0 spiro atoms. The van der Waals surface area contributed by atoms with E-state index in [-0.39, 0.29) is 17.7 Å². The van der Waals surface area contributed by atoms with Crippen LogP contribution < -0.4 is 11.1 Å². The fraction of sp³-hybridized carbons (Fsp3) is 0.353. The van der Waals surface area contributed by atoms with Crippen molar-refractivity contribution < 1.29 is 14.3 Å². The molecule has 0 fully saturated rings. The first-order valence-electron chi connectivity index (χ1n) is 7.58. The molecule has 2 rings (SSSR count). The number of unbranched alkanes of at least 4 members (excludes halogenated alkanes) is 1. The summed E-state index contributed by atoms with van der Waals surface area (Å²) in [5.74, 6) is -0.449. The Balaban J connectivity index is 1.66. The summed E-state index contributed by atoms with van der Waals surface area (Å²) in [4.78, 5) is 23.0. The first-order chi connectivity index (χ1) is 11.0.